The zero-order valence-corrected chi connectivity index (χ0v) is 14.5. The summed E-state index contributed by atoms with van der Waals surface area (Å²) >= 11 is 0. The van der Waals surface area contributed by atoms with Crippen molar-refractivity contribution in [1.29, 1.82) is 0 Å². The highest BCUT2D eigenvalue weighted by Crippen LogP contribution is 2.20. The molecule has 1 N–H and O–H groups in total. The monoisotopic (exact) mass is 352 g/mol. The van der Waals surface area contributed by atoms with Gasteiger partial charge in [0.15, 0.2) is 0 Å². The number of rotatable bonds is 5. The first-order valence-corrected chi connectivity index (χ1v) is 9.18. The lowest BCUT2D eigenvalue weighted by atomic mass is 10.3. The Labute approximate surface area is 140 Å². The maximum absolute atomic E-state index is 12.5. The quantitative estimate of drug-likeness (QED) is 0.839. The van der Waals surface area contributed by atoms with Gasteiger partial charge in [-0.25, -0.2) is 13.4 Å². The maximum Gasteiger partial charge on any atom is 0.248 e. The molecule has 1 saturated heterocycles. The van der Waals surface area contributed by atoms with Gasteiger partial charge in [0.1, 0.15) is 17.0 Å². The molecule has 10 heteroatoms. The van der Waals surface area contributed by atoms with Gasteiger partial charge in [-0.05, 0) is 13.8 Å². The van der Waals surface area contributed by atoms with Gasteiger partial charge < -0.3 is 14.7 Å². The molecular formula is C14H20N6O3S. The Balaban J connectivity index is 1.71. The molecule has 0 spiro atoms. The SMILES string of the molecule is CCNc1cc(C)nc(N2CCN(S(=O)(=O)c3cnoc3)CC2)n1. The fourth-order valence-electron chi connectivity index (χ4n) is 2.57. The number of hydrogen-bond donors (Lipinski definition) is 1. The van der Waals surface area contributed by atoms with E-state index in [0.717, 1.165) is 24.3 Å². The van der Waals surface area contributed by atoms with Crippen LogP contribution in [0.5, 0.6) is 0 Å². The molecule has 2 aromatic heterocycles. The second-order valence-corrected chi connectivity index (χ2v) is 7.41. The summed E-state index contributed by atoms with van der Waals surface area (Å²) in [5.41, 5.74) is 0.871. The minimum Gasteiger partial charge on any atom is -0.370 e. The molecule has 24 heavy (non-hydrogen) atoms. The zero-order chi connectivity index (χ0) is 17.2. The molecule has 3 rings (SSSR count). The van der Waals surface area contributed by atoms with Crippen LogP contribution in [0.4, 0.5) is 11.8 Å². The van der Waals surface area contributed by atoms with Crippen molar-refractivity contribution >= 4 is 21.8 Å². The van der Waals surface area contributed by atoms with Crippen molar-refractivity contribution in [3.8, 4) is 0 Å². The number of aryl methyl sites for hydroxylation is 1. The summed E-state index contributed by atoms with van der Waals surface area (Å²) in [6.07, 6.45) is 2.36. The predicted octanol–water partition coefficient (Wildman–Crippen LogP) is 0.716. The Kier molecular flexibility index (Phi) is 4.67. The average Bonchev–Trinajstić information content (AvgIpc) is 3.10. The molecule has 0 radical (unpaired) electrons. The summed E-state index contributed by atoms with van der Waals surface area (Å²) in [7, 11) is -3.55. The lowest BCUT2D eigenvalue weighted by molar-refractivity contribution is 0.381. The van der Waals surface area contributed by atoms with Crippen molar-refractivity contribution in [3.63, 3.8) is 0 Å². The Morgan fingerprint density at radius 3 is 2.62 bits per heavy atom. The van der Waals surface area contributed by atoms with Crippen molar-refractivity contribution in [2.75, 3.05) is 42.9 Å². The van der Waals surface area contributed by atoms with E-state index < -0.39 is 10.0 Å². The standard InChI is InChI=1S/C14H20N6O3S/c1-3-15-13-8-11(2)17-14(18-13)19-4-6-20(7-5-19)24(21,22)12-9-16-23-10-12/h8-10H,3-7H2,1-2H3,(H,15,17,18). The topological polar surface area (TPSA) is 104 Å². The largest absolute Gasteiger partial charge is 0.370 e. The van der Waals surface area contributed by atoms with E-state index in [4.69, 9.17) is 0 Å². The first kappa shape index (κ1) is 16.7. The second kappa shape index (κ2) is 6.73. The van der Waals surface area contributed by atoms with Gasteiger partial charge in [-0.3, -0.25) is 0 Å². The van der Waals surface area contributed by atoms with Crippen LogP contribution >= 0.6 is 0 Å². The molecule has 0 amide bonds. The van der Waals surface area contributed by atoms with Gasteiger partial charge >= 0.3 is 0 Å². The number of piperazine rings is 1. The summed E-state index contributed by atoms with van der Waals surface area (Å²) in [5.74, 6) is 1.40. The van der Waals surface area contributed by atoms with Crippen LogP contribution in [0.2, 0.25) is 0 Å². The Bertz CT molecular complexity index is 785. The molecule has 1 aliphatic heterocycles. The number of aromatic nitrogens is 3. The first-order chi connectivity index (χ1) is 11.5. The summed E-state index contributed by atoms with van der Waals surface area (Å²) in [5, 5.41) is 6.64. The highest BCUT2D eigenvalue weighted by atomic mass is 32.2. The van der Waals surface area contributed by atoms with Gasteiger partial charge in [-0.2, -0.15) is 9.29 Å². The molecule has 130 valence electrons. The van der Waals surface area contributed by atoms with Gasteiger partial charge in [0, 0.05) is 44.5 Å². The van der Waals surface area contributed by atoms with Gasteiger partial charge in [0.2, 0.25) is 16.0 Å². The van der Waals surface area contributed by atoms with Gasteiger partial charge in [0.05, 0.1) is 6.20 Å². The minimum absolute atomic E-state index is 0.0807. The number of hydrogen-bond acceptors (Lipinski definition) is 8. The van der Waals surface area contributed by atoms with E-state index in [0.29, 0.717) is 32.1 Å². The smallest absolute Gasteiger partial charge is 0.248 e. The van der Waals surface area contributed by atoms with Crippen molar-refractivity contribution in [2.24, 2.45) is 0 Å². The van der Waals surface area contributed by atoms with Crippen LogP contribution in [0.25, 0.3) is 0 Å². The molecule has 2 aromatic rings. The molecule has 9 nitrogen and oxygen atoms in total. The van der Waals surface area contributed by atoms with Gasteiger partial charge in [0.25, 0.3) is 0 Å². The molecule has 0 aliphatic carbocycles. The number of nitrogens with one attached hydrogen (secondary N) is 1. The normalized spacial score (nSPS) is 16.3. The van der Waals surface area contributed by atoms with E-state index in [1.165, 1.54) is 10.5 Å². The van der Waals surface area contributed by atoms with Crippen LogP contribution in [0.3, 0.4) is 0 Å². The molecule has 0 aromatic carbocycles. The molecular weight excluding hydrogens is 332 g/mol. The third-order valence-electron chi connectivity index (χ3n) is 3.77. The summed E-state index contributed by atoms with van der Waals surface area (Å²) in [6, 6.07) is 1.89. The van der Waals surface area contributed by atoms with Crippen molar-refractivity contribution in [3.05, 3.63) is 24.2 Å². The summed E-state index contributed by atoms with van der Waals surface area (Å²) in [4.78, 5) is 11.0. The van der Waals surface area contributed by atoms with Crippen LogP contribution in [0.1, 0.15) is 12.6 Å². The lowest BCUT2D eigenvalue weighted by Crippen LogP contribution is -2.49. The van der Waals surface area contributed by atoms with E-state index in [-0.39, 0.29) is 4.90 Å². The minimum atomic E-state index is -3.55. The van der Waals surface area contributed by atoms with E-state index in [9.17, 15) is 8.42 Å². The number of nitrogens with zero attached hydrogens (tertiary/aromatic N) is 5. The van der Waals surface area contributed by atoms with E-state index in [1.807, 2.05) is 24.8 Å². The molecule has 3 heterocycles. The molecule has 0 saturated carbocycles. The highest BCUT2D eigenvalue weighted by Gasteiger charge is 2.30. The van der Waals surface area contributed by atoms with Crippen LogP contribution in [-0.2, 0) is 10.0 Å². The second-order valence-electron chi connectivity index (χ2n) is 5.48. The van der Waals surface area contributed by atoms with Gasteiger partial charge in [-0.15, -0.1) is 0 Å². The Morgan fingerprint density at radius 2 is 2.00 bits per heavy atom. The van der Waals surface area contributed by atoms with Crippen LogP contribution < -0.4 is 10.2 Å². The van der Waals surface area contributed by atoms with Crippen molar-refractivity contribution < 1.29 is 12.9 Å². The van der Waals surface area contributed by atoms with E-state index >= 15 is 0 Å². The number of anilines is 2. The van der Waals surface area contributed by atoms with E-state index in [1.54, 1.807) is 0 Å². The van der Waals surface area contributed by atoms with E-state index in [2.05, 4.69) is 25.0 Å². The molecule has 0 unspecified atom stereocenters. The summed E-state index contributed by atoms with van der Waals surface area (Å²) in [6.45, 7) is 6.48. The van der Waals surface area contributed by atoms with Crippen LogP contribution in [0, 0.1) is 6.92 Å². The fraction of sp³-hybridized carbons (Fsp3) is 0.500. The first-order valence-electron chi connectivity index (χ1n) is 7.74. The maximum atomic E-state index is 12.5. The molecule has 0 atom stereocenters. The zero-order valence-electron chi connectivity index (χ0n) is 13.6. The Morgan fingerprint density at radius 1 is 1.25 bits per heavy atom. The third-order valence-corrected chi connectivity index (χ3v) is 5.61. The Hall–Kier alpha value is -2.20. The fourth-order valence-corrected chi connectivity index (χ4v) is 3.85. The van der Waals surface area contributed by atoms with Gasteiger partial charge in [-0.1, -0.05) is 5.16 Å². The molecule has 1 fully saturated rings. The van der Waals surface area contributed by atoms with Crippen molar-refractivity contribution in [2.45, 2.75) is 18.7 Å². The molecule has 1 aliphatic rings. The molecule has 0 bridgehead atoms. The van der Waals surface area contributed by atoms with Crippen molar-refractivity contribution in [1.82, 2.24) is 19.4 Å². The highest BCUT2D eigenvalue weighted by molar-refractivity contribution is 7.89. The van der Waals surface area contributed by atoms with Crippen LogP contribution in [-0.4, -0.2) is 60.6 Å². The predicted molar refractivity (Wildman–Crippen MR) is 88.4 cm³/mol. The number of sulfonamides is 1. The average molecular weight is 352 g/mol. The summed E-state index contributed by atoms with van der Waals surface area (Å²) < 4.78 is 31.0. The lowest BCUT2D eigenvalue weighted by Gasteiger charge is -2.33. The third kappa shape index (κ3) is 3.34. The van der Waals surface area contributed by atoms with Crippen LogP contribution in [0.15, 0.2) is 27.9 Å².